The number of aromatic nitrogens is 2. The average Bonchev–Trinajstić information content (AvgIpc) is 3.14. The topological polar surface area (TPSA) is 94.2 Å². The number of benzene rings is 2. The fraction of sp³-hybridized carbons (Fsp3) is 0.100. The van der Waals surface area contributed by atoms with Crippen LogP contribution in [0.4, 0.5) is 0 Å². The molecular weight excluding hydrogens is 346 g/mol. The number of esters is 2. The summed E-state index contributed by atoms with van der Waals surface area (Å²) in [7, 11) is 2.46. The van der Waals surface area contributed by atoms with Crippen molar-refractivity contribution in [1.82, 2.24) is 9.78 Å². The number of nitriles is 1. The lowest BCUT2D eigenvalue weighted by molar-refractivity contribution is 0.0549. The zero-order chi connectivity index (χ0) is 19.4. The summed E-state index contributed by atoms with van der Waals surface area (Å²) in [5.41, 5.74) is 1.84. The van der Waals surface area contributed by atoms with Gasteiger partial charge in [0.2, 0.25) is 0 Å². The second kappa shape index (κ2) is 7.54. The highest BCUT2D eigenvalue weighted by atomic mass is 16.5. The fourth-order valence-electron chi connectivity index (χ4n) is 2.66. The van der Waals surface area contributed by atoms with E-state index < -0.39 is 11.9 Å². The number of nitrogens with zero attached hydrogens (tertiary/aromatic N) is 3. The van der Waals surface area contributed by atoms with Crippen LogP contribution < -0.4 is 0 Å². The first-order chi connectivity index (χ1) is 13.1. The molecule has 0 fully saturated rings. The van der Waals surface area contributed by atoms with Crippen molar-refractivity contribution in [1.29, 1.82) is 5.26 Å². The van der Waals surface area contributed by atoms with E-state index in [4.69, 9.17) is 14.7 Å². The van der Waals surface area contributed by atoms with Gasteiger partial charge < -0.3 is 9.47 Å². The summed E-state index contributed by atoms with van der Waals surface area (Å²) in [6.45, 7) is 0. The van der Waals surface area contributed by atoms with Crippen LogP contribution >= 0.6 is 0 Å². The zero-order valence-corrected chi connectivity index (χ0v) is 14.7. The van der Waals surface area contributed by atoms with E-state index >= 15 is 0 Å². The van der Waals surface area contributed by atoms with E-state index in [0.717, 1.165) is 0 Å². The van der Waals surface area contributed by atoms with Crippen molar-refractivity contribution in [2.24, 2.45) is 0 Å². The molecule has 0 unspecified atom stereocenters. The van der Waals surface area contributed by atoms with E-state index in [0.29, 0.717) is 16.8 Å². The summed E-state index contributed by atoms with van der Waals surface area (Å²) >= 11 is 0. The third kappa shape index (κ3) is 3.28. The minimum Gasteiger partial charge on any atom is -0.465 e. The van der Waals surface area contributed by atoms with Gasteiger partial charge in [-0.15, -0.1) is 0 Å². The highest BCUT2D eigenvalue weighted by molar-refractivity contribution is 6.06. The van der Waals surface area contributed by atoms with Gasteiger partial charge in [-0.2, -0.15) is 10.4 Å². The van der Waals surface area contributed by atoms with Crippen molar-refractivity contribution in [3.05, 3.63) is 71.4 Å². The molecule has 27 heavy (non-hydrogen) atoms. The Labute approximate surface area is 155 Å². The van der Waals surface area contributed by atoms with Crippen molar-refractivity contribution >= 4 is 11.9 Å². The van der Waals surface area contributed by atoms with Crippen LogP contribution in [0.25, 0.3) is 16.9 Å². The van der Waals surface area contributed by atoms with Crippen LogP contribution in [0.5, 0.6) is 0 Å². The maximum atomic E-state index is 12.5. The largest absolute Gasteiger partial charge is 0.465 e. The molecule has 7 heteroatoms. The number of para-hydroxylation sites is 1. The summed E-state index contributed by atoms with van der Waals surface area (Å²) in [5, 5.41) is 13.5. The summed E-state index contributed by atoms with van der Waals surface area (Å²) < 4.78 is 11.1. The van der Waals surface area contributed by atoms with Crippen molar-refractivity contribution in [3.8, 4) is 23.0 Å². The maximum absolute atomic E-state index is 12.5. The number of ether oxygens (including phenoxy) is 2. The van der Waals surface area contributed by atoms with Gasteiger partial charge in [0.15, 0.2) is 5.69 Å². The van der Waals surface area contributed by atoms with E-state index in [2.05, 4.69) is 5.10 Å². The fourth-order valence-corrected chi connectivity index (χ4v) is 2.66. The molecule has 3 aromatic rings. The smallest absolute Gasteiger partial charge is 0.357 e. The number of hydrogen-bond donors (Lipinski definition) is 0. The Bertz CT molecular complexity index is 1030. The van der Waals surface area contributed by atoms with Crippen LogP contribution in [-0.4, -0.2) is 35.9 Å². The molecule has 0 bridgehead atoms. The lowest BCUT2D eigenvalue weighted by atomic mass is 10.0. The predicted octanol–water partition coefficient (Wildman–Crippen LogP) is 2.98. The Morgan fingerprint density at radius 2 is 1.59 bits per heavy atom. The number of rotatable bonds is 4. The van der Waals surface area contributed by atoms with Gasteiger partial charge in [0, 0.05) is 5.56 Å². The van der Waals surface area contributed by atoms with Crippen molar-refractivity contribution in [2.75, 3.05) is 14.2 Å². The van der Waals surface area contributed by atoms with Gasteiger partial charge in [-0.3, -0.25) is 0 Å². The molecule has 2 aromatic carbocycles. The Balaban J connectivity index is 2.32. The van der Waals surface area contributed by atoms with Crippen molar-refractivity contribution in [2.45, 2.75) is 0 Å². The normalized spacial score (nSPS) is 10.1. The minimum absolute atomic E-state index is 0.00193. The van der Waals surface area contributed by atoms with Gasteiger partial charge in [0.25, 0.3) is 0 Å². The van der Waals surface area contributed by atoms with Crippen LogP contribution in [0, 0.1) is 11.3 Å². The summed E-state index contributed by atoms with van der Waals surface area (Å²) in [6.07, 6.45) is 0. The Kier molecular flexibility index (Phi) is 4.99. The second-order valence-electron chi connectivity index (χ2n) is 5.49. The lowest BCUT2D eigenvalue weighted by Gasteiger charge is -2.07. The van der Waals surface area contributed by atoms with Crippen molar-refractivity contribution in [3.63, 3.8) is 0 Å². The minimum atomic E-state index is -0.716. The van der Waals surface area contributed by atoms with E-state index in [9.17, 15) is 9.59 Å². The molecule has 3 rings (SSSR count). The summed E-state index contributed by atoms with van der Waals surface area (Å²) in [4.78, 5) is 24.9. The van der Waals surface area contributed by atoms with Crippen LogP contribution in [0.3, 0.4) is 0 Å². The van der Waals surface area contributed by atoms with Crippen LogP contribution in [0.15, 0.2) is 54.6 Å². The Hall–Kier alpha value is -3.92. The molecular formula is C20H15N3O4. The quantitative estimate of drug-likeness (QED) is 0.663. The molecule has 1 heterocycles. The molecule has 0 saturated heterocycles. The molecule has 0 amide bonds. The van der Waals surface area contributed by atoms with Gasteiger partial charge >= 0.3 is 11.9 Å². The van der Waals surface area contributed by atoms with E-state index in [1.54, 1.807) is 48.5 Å². The predicted molar refractivity (Wildman–Crippen MR) is 96.4 cm³/mol. The summed E-state index contributed by atoms with van der Waals surface area (Å²) in [5.74, 6) is -1.43. The second-order valence-corrected chi connectivity index (χ2v) is 5.49. The van der Waals surface area contributed by atoms with Gasteiger partial charge in [0.1, 0.15) is 11.3 Å². The van der Waals surface area contributed by atoms with Crippen LogP contribution in [-0.2, 0) is 9.47 Å². The highest BCUT2D eigenvalue weighted by Gasteiger charge is 2.31. The van der Waals surface area contributed by atoms with E-state index in [1.165, 1.54) is 18.9 Å². The standard InChI is InChI=1S/C20H15N3O4/c1-26-19(24)16-17(14-10-8-13(12-21)9-11-14)22-23(18(16)20(25)27-2)15-6-4-3-5-7-15/h3-11H,1-2H3. The lowest BCUT2D eigenvalue weighted by Crippen LogP contribution is -2.15. The van der Waals surface area contributed by atoms with Gasteiger partial charge in [-0.05, 0) is 24.3 Å². The molecule has 0 N–H and O–H groups in total. The van der Waals surface area contributed by atoms with Gasteiger partial charge in [-0.1, -0.05) is 30.3 Å². The van der Waals surface area contributed by atoms with Crippen LogP contribution in [0.2, 0.25) is 0 Å². The first kappa shape index (κ1) is 17.9. The number of methoxy groups -OCH3 is 2. The zero-order valence-electron chi connectivity index (χ0n) is 14.7. The molecule has 134 valence electrons. The third-order valence-corrected chi connectivity index (χ3v) is 3.94. The third-order valence-electron chi connectivity index (χ3n) is 3.94. The number of hydrogen-bond acceptors (Lipinski definition) is 6. The molecule has 0 radical (unpaired) electrons. The molecule has 0 spiro atoms. The monoisotopic (exact) mass is 361 g/mol. The van der Waals surface area contributed by atoms with E-state index in [1.807, 2.05) is 12.1 Å². The molecule has 0 aliphatic rings. The highest BCUT2D eigenvalue weighted by Crippen LogP contribution is 2.29. The van der Waals surface area contributed by atoms with Gasteiger partial charge in [0.05, 0.1) is 31.5 Å². The van der Waals surface area contributed by atoms with Crippen molar-refractivity contribution < 1.29 is 19.1 Å². The molecule has 0 aliphatic carbocycles. The molecule has 0 aliphatic heterocycles. The molecule has 0 saturated carbocycles. The number of carbonyl (C=O) groups excluding carboxylic acids is 2. The first-order valence-electron chi connectivity index (χ1n) is 7.96. The average molecular weight is 361 g/mol. The molecule has 7 nitrogen and oxygen atoms in total. The maximum Gasteiger partial charge on any atom is 0.357 e. The van der Waals surface area contributed by atoms with Gasteiger partial charge in [-0.25, -0.2) is 14.3 Å². The SMILES string of the molecule is COC(=O)c1c(-c2ccc(C#N)cc2)nn(-c2ccccc2)c1C(=O)OC. The number of carbonyl (C=O) groups is 2. The van der Waals surface area contributed by atoms with E-state index in [-0.39, 0.29) is 17.0 Å². The summed E-state index contributed by atoms with van der Waals surface area (Å²) in [6, 6.07) is 17.5. The Morgan fingerprint density at radius 3 is 2.15 bits per heavy atom. The first-order valence-corrected chi connectivity index (χ1v) is 7.96. The Morgan fingerprint density at radius 1 is 0.963 bits per heavy atom. The molecule has 0 atom stereocenters. The van der Waals surface area contributed by atoms with Crippen LogP contribution in [0.1, 0.15) is 26.4 Å². The molecule has 1 aromatic heterocycles.